The zero-order valence-corrected chi connectivity index (χ0v) is 6.76. The fourth-order valence-corrected chi connectivity index (χ4v) is 1.75. The number of fused-ring (bicyclic) bond motifs is 1. The van der Waals surface area contributed by atoms with Crippen molar-refractivity contribution in [3.8, 4) is 0 Å². The van der Waals surface area contributed by atoms with Gasteiger partial charge < -0.3 is 5.11 Å². The van der Waals surface area contributed by atoms with Crippen molar-refractivity contribution in [1.29, 1.82) is 0 Å². The van der Waals surface area contributed by atoms with Crippen molar-refractivity contribution in [2.75, 3.05) is 0 Å². The van der Waals surface area contributed by atoms with Crippen LogP contribution in [0.15, 0.2) is 18.2 Å². The summed E-state index contributed by atoms with van der Waals surface area (Å²) in [5.74, 6) is -0.255. The first kappa shape index (κ1) is 7.74. The molecule has 0 saturated heterocycles. The molecule has 0 saturated carbocycles. The average molecular weight is 166 g/mol. The molecule has 1 nitrogen and oxygen atoms in total. The Morgan fingerprint density at radius 1 is 1.42 bits per heavy atom. The van der Waals surface area contributed by atoms with Crippen LogP contribution in [0.5, 0.6) is 0 Å². The van der Waals surface area contributed by atoms with E-state index in [1.165, 1.54) is 12.1 Å². The van der Waals surface area contributed by atoms with Crippen molar-refractivity contribution in [3.63, 3.8) is 0 Å². The van der Waals surface area contributed by atoms with Crippen molar-refractivity contribution < 1.29 is 9.50 Å². The first-order chi connectivity index (χ1) is 5.77. The van der Waals surface area contributed by atoms with Crippen molar-refractivity contribution in [1.82, 2.24) is 0 Å². The zero-order chi connectivity index (χ0) is 8.55. The van der Waals surface area contributed by atoms with E-state index >= 15 is 0 Å². The second kappa shape index (κ2) is 2.87. The lowest BCUT2D eigenvalue weighted by Crippen LogP contribution is -2.09. The van der Waals surface area contributed by atoms with Gasteiger partial charge in [-0.2, -0.15) is 0 Å². The third kappa shape index (κ3) is 1.23. The summed E-state index contributed by atoms with van der Waals surface area (Å²) >= 11 is 0. The molecule has 1 aromatic rings. The molecule has 0 spiro atoms. The second-order valence-electron chi connectivity index (χ2n) is 3.25. The molecule has 1 atom stereocenters. The predicted molar refractivity (Wildman–Crippen MR) is 44.3 cm³/mol. The fourth-order valence-electron chi connectivity index (χ4n) is 1.75. The Balaban J connectivity index is 2.47. The molecule has 1 N–H and O–H groups in total. The van der Waals surface area contributed by atoms with Gasteiger partial charge in [0.15, 0.2) is 0 Å². The highest BCUT2D eigenvalue weighted by Gasteiger charge is 2.17. The standard InChI is InChI=1S/C10H11FO/c11-8-5-4-7-2-1-3-10(12)9(7)6-8/h4-6,10,12H,1-3H2/t10-/m1/s1. The maximum absolute atomic E-state index is 12.8. The summed E-state index contributed by atoms with van der Waals surface area (Å²) in [4.78, 5) is 0. The van der Waals surface area contributed by atoms with Crippen LogP contribution >= 0.6 is 0 Å². The number of aliphatic hydroxyl groups is 1. The SMILES string of the molecule is O[C@@H]1CCCc2ccc(F)cc21. The third-order valence-corrected chi connectivity index (χ3v) is 2.39. The summed E-state index contributed by atoms with van der Waals surface area (Å²) < 4.78 is 12.8. The van der Waals surface area contributed by atoms with Gasteiger partial charge in [0.05, 0.1) is 6.10 Å². The van der Waals surface area contributed by atoms with Crippen LogP contribution < -0.4 is 0 Å². The van der Waals surface area contributed by atoms with E-state index in [1.54, 1.807) is 6.07 Å². The van der Waals surface area contributed by atoms with Gasteiger partial charge in [-0.3, -0.25) is 0 Å². The van der Waals surface area contributed by atoms with Crippen LogP contribution in [0.25, 0.3) is 0 Å². The first-order valence-electron chi connectivity index (χ1n) is 4.24. The summed E-state index contributed by atoms with van der Waals surface area (Å²) in [5, 5.41) is 9.52. The molecule has 12 heavy (non-hydrogen) atoms. The second-order valence-corrected chi connectivity index (χ2v) is 3.25. The average Bonchev–Trinajstić information content (AvgIpc) is 2.07. The molecule has 0 amide bonds. The van der Waals surface area contributed by atoms with E-state index in [2.05, 4.69) is 0 Å². The van der Waals surface area contributed by atoms with Gasteiger partial charge in [-0.1, -0.05) is 6.07 Å². The quantitative estimate of drug-likeness (QED) is 0.626. The van der Waals surface area contributed by atoms with E-state index in [0.29, 0.717) is 0 Å². The van der Waals surface area contributed by atoms with Crippen LogP contribution in [0.3, 0.4) is 0 Å². The van der Waals surface area contributed by atoms with Crippen LogP contribution in [0.2, 0.25) is 0 Å². The van der Waals surface area contributed by atoms with Gasteiger partial charge in [0.2, 0.25) is 0 Å². The van der Waals surface area contributed by atoms with E-state index in [0.717, 1.165) is 30.4 Å². The maximum Gasteiger partial charge on any atom is 0.123 e. The van der Waals surface area contributed by atoms with Crippen molar-refractivity contribution in [2.45, 2.75) is 25.4 Å². The summed E-state index contributed by atoms with van der Waals surface area (Å²) in [7, 11) is 0. The lowest BCUT2D eigenvalue weighted by Gasteiger charge is -2.20. The van der Waals surface area contributed by atoms with Gasteiger partial charge in [0, 0.05) is 0 Å². The van der Waals surface area contributed by atoms with Gasteiger partial charge >= 0.3 is 0 Å². The van der Waals surface area contributed by atoms with E-state index in [4.69, 9.17) is 0 Å². The predicted octanol–water partition coefficient (Wildman–Crippen LogP) is 2.20. The van der Waals surface area contributed by atoms with E-state index in [9.17, 15) is 9.50 Å². The van der Waals surface area contributed by atoms with Gasteiger partial charge in [-0.15, -0.1) is 0 Å². The maximum atomic E-state index is 12.8. The highest BCUT2D eigenvalue weighted by molar-refractivity contribution is 5.31. The Labute approximate surface area is 70.8 Å². The highest BCUT2D eigenvalue weighted by Crippen LogP contribution is 2.29. The topological polar surface area (TPSA) is 20.2 Å². The van der Waals surface area contributed by atoms with Gasteiger partial charge in [0.1, 0.15) is 5.82 Å². The summed E-state index contributed by atoms with van der Waals surface area (Å²) in [5.41, 5.74) is 1.87. The molecule has 0 bridgehead atoms. The Morgan fingerprint density at radius 3 is 3.08 bits per heavy atom. The molecule has 0 radical (unpaired) electrons. The first-order valence-corrected chi connectivity index (χ1v) is 4.24. The smallest absolute Gasteiger partial charge is 0.123 e. The van der Waals surface area contributed by atoms with Crippen LogP contribution in [-0.4, -0.2) is 5.11 Å². The molecule has 0 heterocycles. The highest BCUT2D eigenvalue weighted by atomic mass is 19.1. The molecule has 1 aliphatic carbocycles. The number of aryl methyl sites for hydroxylation is 1. The number of halogens is 1. The van der Waals surface area contributed by atoms with Crippen LogP contribution in [0.4, 0.5) is 4.39 Å². The molecule has 0 unspecified atom stereocenters. The monoisotopic (exact) mass is 166 g/mol. The number of benzene rings is 1. The Morgan fingerprint density at radius 2 is 2.25 bits per heavy atom. The summed E-state index contributed by atoms with van der Waals surface area (Å²) in [6, 6.07) is 4.67. The Kier molecular flexibility index (Phi) is 1.85. The van der Waals surface area contributed by atoms with Crippen LogP contribution in [0.1, 0.15) is 30.1 Å². The normalized spacial score (nSPS) is 22.0. The van der Waals surface area contributed by atoms with Gasteiger partial charge in [0.25, 0.3) is 0 Å². The van der Waals surface area contributed by atoms with Crippen LogP contribution in [0, 0.1) is 5.82 Å². The molecular weight excluding hydrogens is 155 g/mol. The minimum absolute atomic E-state index is 0.255. The molecule has 2 rings (SSSR count). The van der Waals surface area contributed by atoms with E-state index in [-0.39, 0.29) is 5.82 Å². The van der Waals surface area contributed by atoms with E-state index < -0.39 is 6.10 Å². The van der Waals surface area contributed by atoms with Crippen molar-refractivity contribution in [2.24, 2.45) is 0 Å². The van der Waals surface area contributed by atoms with Crippen molar-refractivity contribution >= 4 is 0 Å². The number of hydrogen-bond donors (Lipinski definition) is 1. The third-order valence-electron chi connectivity index (χ3n) is 2.39. The van der Waals surface area contributed by atoms with Gasteiger partial charge in [-0.05, 0) is 42.5 Å². The number of hydrogen-bond acceptors (Lipinski definition) is 1. The molecule has 64 valence electrons. The summed E-state index contributed by atoms with van der Waals surface area (Å²) in [6.45, 7) is 0. The lowest BCUT2D eigenvalue weighted by molar-refractivity contribution is 0.156. The van der Waals surface area contributed by atoms with Crippen molar-refractivity contribution in [3.05, 3.63) is 35.1 Å². The lowest BCUT2D eigenvalue weighted by atomic mass is 9.89. The fraction of sp³-hybridized carbons (Fsp3) is 0.400. The Bertz CT molecular complexity index is 296. The van der Waals surface area contributed by atoms with E-state index in [1.807, 2.05) is 0 Å². The van der Waals surface area contributed by atoms with Crippen LogP contribution in [-0.2, 0) is 6.42 Å². The molecule has 0 fully saturated rings. The molecule has 0 aromatic heterocycles. The number of rotatable bonds is 0. The Hall–Kier alpha value is -0.890. The minimum Gasteiger partial charge on any atom is -0.388 e. The summed E-state index contributed by atoms with van der Waals surface area (Å²) in [6.07, 6.45) is 2.27. The minimum atomic E-state index is -0.454. The molecular formula is C10H11FO. The zero-order valence-electron chi connectivity index (χ0n) is 6.76. The molecule has 2 heteroatoms. The number of aliphatic hydroxyl groups excluding tert-OH is 1. The molecule has 0 aliphatic heterocycles. The van der Waals surface area contributed by atoms with Gasteiger partial charge in [-0.25, -0.2) is 4.39 Å². The molecule has 1 aromatic carbocycles. The molecule has 1 aliphatic rings. The largest absolute Gasteiger partial charge is 0.388 e.